The fourth-order valence-corrected chi connectivity index (χ4v) is 0.607. The Balaban J connectivity index is 0. The summed E-state index contributed by atoms with van der Waals surface area (Å²) >= 11 is 0. The third-order valence-electron chi connectivity index (χ3n) is 1.08. The monoisotopic (exact) mass is 174 g/mol. The fraction of sp³-hybridized carbons (Fsp3) is 0.500. The Morgan fingerprint density at radius 3 is 2.25 bits per heavy atom. The Kier molecular flexibility index (Phi) is 7.32. The van der Waals surface area contributed by atoms with Crippen molar-refractivity contribution < 1.29 is 19.8 Å². The minimum absolute atomic E-state index is 0. The first-order valence-corrected chi connectivity index (χ1v) is 3.48. The molecule has 2 N–H and O–H groups in total. The van der Waals surface area contributed by atoms with E-state index in [0.29, 0.717) is 12.0 Å². The predicted octanol–water partition coefficient (Wildman–Crippen LogP) is 0.608. The van der Waals surface area contributed by atoms with Gasteiger partial charge in [0.05, 0.1) is 0 Å². The molecule has 4 nitrogen and oxygen atoms in total. The molecule has 0 fully saturated rings. The fourth-order valence-electron chi connectivity index (χ4n) is 0.607. The van der Waals surface area contributed by atoms with Gasteiger partial charge in [-0.2, -0.15) is 0 Å². The van der Waals surface area contributed by atoms with Crippen molar-refractivity contribution in [2.24, 2.45) is 0 Å². The lowest BCUT2D eigenvalue weighted by atomic mass is 10.2. The highest BCUT2D eigenvalue weighted by molar-refractivity contribution is 5.95. The van der Waals surface area contributed by atoms with Crippen LogP contribution in [0, 0.1) is 0 Å². The number of carbonyl (C=O) groups excluding carboxylic acids is 2. The second-order valence-electron chi connectivity index (χ2n) is 2.23. The summed E-state index contributed by atoms with van der Waals surface area (Å²) in [6.45, 7) is 6.59. The molecular weight excluding hydrogens is 160 g/mol. The van der Waals surface area contributed by atoms with Crippen molar-refractivity contribution in [3.8, 4) is 0 Å². The molecule has 0 saturated heterocycles. The summed E-state index contributed by atoms with van der Waals surface area (Å²) in [7, 11) is 0. The minimum atomic E-state index is -0.612. The van der Waals surface area contributed by atoms with Gasteiger partial charge in [-0.25, -0.2) is 4.79 Å². The summed E-state index contributed by atoms with van der Waals surface area (Å²) in [6.07, 6.45) is 1.40. The number of rotatable bonds is 3. The summed E-state index contributed by atoms with van der Waals surface area (Å²) in [5.74, 6) is -1.20. The lowest BCUT2D eigenvalue weighted by Crippen LogP contribution is -2.10. The van der Waals surface area contributed by atoms with Crippen molar-refractivity contribution in [3.05, 3.63) is 12.2 Å². The van der Waals surface area contributed by atoms with E-state index in [1.54, 1.807) is 0 Å². The smallest absolute Gasteiger partial charge is 0.341 e. The SMILES string of the molecule is C=C(CCC)C(=O)OC(C)=O.O. The number of hydrogen-bond donors (Lipinski definition) is 0. The van der Waals surface area contributed by atoms with Gasteiger partial charge in [0.2, 0.25) is 0 Å². The third kappa shape index (κ3) is 5.61. The minimum Gasteiger partial charge on any atom is -0.412 e. The van der Waals surface area contributed by atoms with Gasteiger partial charge in [-0.1, -0.05) is 19.9 Å². The van der Waals surface area contributed by atoms with Crippen molar-refractivity contribution >= 4 is 11.9 Å². The first-order chi connectivity index (χ1) is 5.07. The topological polar surface area (TPSA) is 74.9 Å². The standard InChI is InChI=1S/C8H12O3.H2O/c1-4-5-6(2)8(10)11-7(3)9;/h2,4-5H2,1,3H3;1H2. The van der Waals surface area contributed by atoms with Crippen LogP contribution < -0.4 is 0 Å². The van der Waals surface area contributed by atoms with E-state index < -0.39 is 11.9 Å². The molecule has 0 amide bonds. The zero-order valence-corrected chi connectivity index (χ0v) is 7.35. The van der Waals surface area contributed by atoms with Crippen LogP contribution in [0.1, 0.15) is 26.7 Å². The molecule has 0 heterocycles. The summed E-state index contributed by atoms with van der Waals surface area (Å²) < 4.78 is 4.29. The van der Waals surface area contributed by atoms with Crippen LogP contribution in [-0.4, -0.2) is 17.4 Å². The van der Waals surface area contributed by atoms with E-state index in [4.69, 9.17) is 0 Å². The molecule has 0 aromatic rings. The van der Waals surface area contributed by atoms with Gasteiger partial charge >= 0.3 is 11.9 Å². The van der Waals surface area contributed by atoms with E-state index in [2.05, 4.69) is 11.3 Å². The molecule has 4 heteroatoms. The van der Waals surface area contributed by atoms with Gasteiger partial charge in [0.15, 0.2) is 0 Å². The second-order valence-corrected chi connectivity index (χ2v) is 2.23. The predicted molar refractivity (Wildman–Crippen MR) is 44.4 cm³/mol. The normalized spacial score (nSPS) is 8.17. The van der Waals surface area contributed by atoms with E-state index >= 15 is 0 Å². The number of hydrogen-bond acceptors (Lipinski definition) is 3. The molecule has 0 aromatic carbocycles. The van der Waals surface area contributed by atoms with Crippen molar-refractivity contribution in [2.75, 3.05) is 0 Å². The zero-order valence-electron chi connectivity index (χ0n) is 7.35. The van der Waals surface area contributed by atoms with E-state index in [0.717, 1.165) is 6.42 Å². The lowest BCUT2D eigenvalue weighted by Gasteiger charge is -2.00. The van der Waals surface area contributed by atoms with Gasteiger partial charge in [-0.15, -0.1) is 0 Å². The molecule has 70 valence electrons. The lowest BCUT2D eigenvalue weighted by molar-refractivity contribution is -0.155. The van der Waals surface area contributed by atoms with Gasteiger partial charge in [0.25, 0.3) is 0 Å². The highest BCUT2D eigenvalue weighted by Crippen LogP contribution is 2.03. The van der Waals surface area contributed by atoms with Crippen molar-refractivity contribution in [3.63, 3.8) is 0 Å². The van der Waals surface area contributed by atoms with Gasteiger partial charge in [0, 0.05) is 12.5 Å². The summed E-state index contributed by atoms with van der Waals surface area (Å²) in [6, 6.07) is 0. The molecule has 0 aliphatic heterocycles. The first-order valence-electron chi connectivity index (χ1n) is 3.48. The molecule has 0 spiro atoms. The van der Waals surface area contributed by atoms with E-state index in [-0.39, 0.29) is 5.48 Å². The van der Waals surface area contributed by atoms with Crippen LogP contribution in [0.25, 0.3) is 0 Å². The van der Waals surface area contributed by atoms with E-state index in [1.807, 2.05) is 6.92 Å². The summed E-state index contributed by atoms with van der Waals surface area (Å²) in [5.41, 5.74) is 0.350. The Labute approximate surface area is 71.5 Å². The molecule has 0 radical (unpaired) electrons. The average molecular weight is 174 g/mol. The van der Waals surface area contributed by atoms with Crippen molar-refractivity contribution in [2.45, 2.75) is 26.7 Å². The molecule has 0 aliphatic rings. The average Bonchev–Trinajstić information content (AvgIpc) is 1.86. The quantitative estimate of drug-likeness (QED) is 0.357. The molecule has 0 saturated carbocycles. The van der Waals surface area contributed by atoms with E-state index in [1.165, 1.54) is 6.92 Å². The molecular formula is C8H14O4. The molecule has 0 rings (SSSR count). The highest BCUT2D eigenvalue weighted by Gasteiger charge is 2.08. The van der Waals surface area contributed by atoms with Crippen LogP contribution >= 0.6 is 0 Å². The Morgan fingerprint density at radius 2 is 1.92 bits per heavy atom. The van der Waals surface area contributed by atoms with Crippen LogP contribution in [0.5, 0.6) is 0 Å². The molecule has 0 bridgehead atoms. The largest absolute Gasteiger partial charge is 0.412 e. The van der Waals surface area contributed by atoms with Crippen molar-refractivity contribution in [1.82, 2.24) is 0 Å². The first kappa shape index (κ1) is 13.4. The van der Waals surface area contributed by atoms with E-state index in [9.17, 15) is 9.59 Å². The van der Waals surface area contributed by atoms with Gasteiger partial charge < -0.3 is 10.2 Å². The van der Waals surface area contributed by atoms with Gasteiger partial charge in [0.1, 0.15) is 0 Å². The maximum absolute atomic E-state index is 10.8. The number of ether oxygens (including phenoxy) is 1. The van der Waals surface area contributed by atoms with Crippen LogP contribution in [0.2, 0.25) is 0 Å². The van der Waals surface area contributed by atoms with Gasteiger partial charge in [-0.3, -0.25) is 4.79 Å². The zero-order chi connectivity index (χ0) is 8.85. The maximum atomic E-state index is 10.8. The molecule has 0 atom stereocenters. The molecule has 12 heavy (non-hydrogen) atoms. The van der Waals surface area contributed by atoms with Crippen LogP contribution in [0.15, 0.2) is 12.2 Å². The number of carbonyl (C=O) groups is 2. The van der Waals surface area contributed by atoms with Crippen molar-refractivity contribution in [1.29, 1.82) is 0 Å². The van der Waals surface area contributed by atoms with Crippen LogP contribution in [0.4, 0.5) is 0 Å². The van der Waals surface area contributed by atoms with Gasteiger partial charge in [-0.05, 0) is 6.42 Å². The number of esters is 2. The Morgan fingerprint density at radius 1 is 1.42 bits per heavy atom. The van der Waals surface area contributed by atoms with Crippen LogP contribution in [0.3, 0.4) is 0 Å². The Hall–Kier alpha value is -1.16. The third-order valence-corrected chi connectivity index (χ3v) is 1.08. The highest BCUT2D eigenvalue weighted by atomic mass is 16.6. The van der Waals surface area contributed by atoms with Crippen LogP contribution in [-0.2, 0) is 14.3 Å². The summed E-state index contributed by atoms with van der Waals surface area (Å²) in [5, 5.41) is 0. The maximum Gasteiger partial charge on any atom is 0.341 e. The Bertz CT molecular complexity index is 183. The molecule has 0 aromatic heterocycles. The molecule has 0 unspecified atom stereocenters. The second kappa shape index (κ2) is 6.54. The molecule has 0 aliphatic carbocycles. The summed E-state index contributed by atoms with van der Waals surface area (Å²) in [4.78, 5) is 21.1.